The number of nitrogens with zero attached hydrogens (tertiary/aromatic N) is 6. The topological polar surface area (TPSA) is 114 Å². The zero-order chi connectivity index (χ0) is 24.5. The van der Waals surface area contributed by atoms with Crippen LogP contribution in [0.5, 0.6) is 0 Å². The molecule has 1 amide bonds. The minimum absolute atomic E-state index is 0.0433. The van der Waals surface area contributed by atoms with Crippen LogP contribution < -0.4 is 5.32 Å². The van der Waals surface area contributed by atoms with E-state index in [-0.39, 0.29) is 23.8 Å². The van der Waals surface area contributed by atoms with Crippen molar-refractivity contribution in [3.05, 3.63) is 82.0 Å². The van der Waals surface area contributed by atoms with Crippen molar-refractivity contribution in [3.63, 3.8) is 0 Å². The van der Waals surface area contributed by atoms with Gasteiger partial charge in [-0.3, -0.25) is 9.89 Å². The third kappa shape index (κ3) is 5.09. The van der Waals surface area contributed by atoms with E-state index in [0.29, 0.717) is 11.4 Å². The third-order valence-corrected chi connectivity index (χ3v) is 6.71. The molecule has 0 bridgehead atoms. The Bertz CT molecular complexity index is 1340. The Hall–Kier alpha value is -3.59. The number of pyridine rings is 1. The van der Waals surface area contributed by atoms with Crippen LogP contribution >= 0.6 is 11.6 Å². The molecule has 35 heavy (non-hydrogen) atoms. The molecule has 1 fully saturated rings. The number of nitrogens with one attached hydrogen (secondary N) is 2. The summed E-state index contributed by atoms with van der Waals surface area (Å²) in [6.45, 7) is 5.91. The second-order valence-corrected chi connectivity index (χ2v) is 9.66. The Labute approximate surface area is 208 Å². The fourth-order valence-electron chi connectivity index (χ4n) is 4.26. The second-order valence-electron chi connectivity index (χ2n) is 9.25. The van der Waals surface area contributed by atoms with Crippen LogP contribution in [0.3, 0.4) is 0 Å². The molecule has 0 aromatic carbocycles. The quantitative estimate of drug-likeness (QED) is 0.404. The van der Waals surface area contributed by atoms with Gasteiger partial charge in [-0.1, -0.05) is 17.7 Å². The molecule has 0 saturated heterocycles. The van der Waals surface area contributed by atoms with E-state index in [1.54, 1.807) is 23.3 Å². The van der Waals surface area contributed by atoms with Crippen molar-refractivity contribution >= 4 is 17.5 Å². The Morgan fingerprint density at radius 2 is 2.06 bits per heavy atom. The maximum absolute atomic E-state index is 12.8. The number of carbonyl (C=O) groups excluding carboxylic acids is 1. The molecule has 4 heterocycles. The van der Waals surface area contributed by atoms with Gasteiger partial charge in [0.1, 0.15) is 5.82 Å². The Balaban J connectivity index is 1.16. The third-order valence-electron chi connectivity index (χ3n) is 6.39. The van der Waals surface area contributed by atoms with Crippen LogP contribution in [0.25, 0.3) is 5.82 Å². The van der Waals surface area contributed by atoms with E-state index in [4.69, 9.17) is 16.6 Å². The maximum atomic E-state index is 12.8. The summed E-state index contributed by atoms with van der Waals surface area (Å²) in [7, 11) is 0. The summed E-state index contributed by atoms with van der Waals surface area (Å²) in [5, 5.41) is 15.1. The monoisotopic (exact) mass is 490 g/mol. The number of rotatable bonds is 7. The lowest BCUT2D eigenvalue weighted by Crippen LogP contribution is -2.39. The van der Waals surface area contributed by atoms with Crippen molar-refractivity contribution in [2.75, 3.05) is 0 Å². The molecule has 0 unspecified atom stereocenters. The minimum atomic E-state index is -0.141. The molecule has 0 radical (unpaired) electrons. The van der Waals surface area contributed by atoms with E-state index >= 15 is 0 Å². The summed E-state index contributed by atoms with van der Waals surface area (Å²) in [5.41, 5.74) is 4.65. The van der Waals surface area contributed by atoms with Gasteiger partial charge in [0.2, 0.25) is 5.91 Å². The van der Waals surface area contributed by atoms with Gasteiger partial charge in [-0.05, 0) is 56.9 Å². The first kappa shape index (κ1) is 23.2. The van der Waals surface area contributed by atoms with Gasteiger partial charge in [-0.2, -0.15) is 10.2 Å². The highest BCUT2D eigenvalue weighted by molar-refractivity contribution is 6.31. The summed E-state index contributed by atoms with van der Waals surface area (Å²) in [5.74, 6) is 1.62. The molecule has 4 aromatic rings. The normalized spacial score (nSPS) is 18.2. The van der Waals surface area contributed by atoms with Crippen LogP contribution in [0, 0.1) is 19.8 Å². The van der Waals surface area contributed by atoms with Crippen LogP contribution in [-0.4, -0.2) is 40.8 Å². The molecular formula is C25H27ClN8O. The number of hydrogen-bond donors (Lipinski definition) is 2. The van der Waals surface area contributed by atoms with Crippen LogP contribution in [0.15, 0.2) is 43.0 Å². The molecule has 2 N–H and O–H groups in total. The average molecular weight is 491 g/mol. The second kappa shape index (κ2) is 9.58. The summed E-state index contributed by atoms with van der Waals surface area (Å²) in [6.07, 6.45) is 9.12. The summed E-state index contributed by atoms with van der Waals surface area (Å²) >= 11 is 6.32. The Morgan fingerprint density at radius 1 is 1.23 bits per heavy atom. The molecule has 10 heteroatoms. The van der Waals surface area contributed by atoms with E-state index in [1.807, 2.05) is 45.2 Å². The lowest BCUT2D eigenvalue weighted by atomic mass is 9.73. The SMILES string of the molecule is Cc1cnn(-c2ccc([C@H](C)NC(=O)C3CC(c4ncc(Cl)c(Cc5cc(C)[nH]n5)n4)C3)cn2)c1. The number of halogens is 1. The van der Waals surface area contributed by atoms with Gasteiger partial charge < -0.3 is 5.32 Å². The average Bonchev–Trinajstić information content (AvgIpc) is 3.42. The van der Waals surface area contributed by atoms with Crippen molar-refractivity contribution in [2.45, 2.75) is 52.0 Å². The predicted octanol–water partition coefficient (Wildman–Crippen LogP) is 4.01. The first-order valence-corrected chi connectivity index (χ1v) is 12.0. The number of carbonyl (C=O) groups is 1. The summed E-state index contributed by atoms with van der Waals surface area (Å²) in [6, 6.07) is 5.71. The van der Waals surface area contributed by atoms with Crippen molar-refractivity contribution in [1.82, 2.24) is 40.2 Å². The molecule has 1 saturated carbocycles. The number of hydrogen-bond acceptors (Lipinski definition) is 6. The minimum Gasteiger partial charge on any atom is -0.349 e. The zero-order valence-electron chi connectivity index (χ0n) is 19.9. The molecule has 1 aliphatic carbocycles. The standard InChI is InChI=1S/C25H27ClN8O/c1-14-10-29-34(13-14)23-5-4-17(11-27-23)16(3)30-25(35)19-7-18(8-19)24-28-12-21(26)22(31-24)9-20-6-15(2)32-33-20/h4-6,10-13,16,18-19H,7-9H2,1-3H3,(H,30,35)(H,32,33)/t16-,18?,19?/m0/s1. The molecule has 1 atom stereocenters. The van der Waals surface area contributed by atoms with Crippen molar-refractivity contribution in [3.8, 4) is 5.82 Å². The van der Waals surface area contributed by atoms with E-state index in [9.17, 15) is 4.79 Å². The molecule has 1 aliphatic rings. The van der Waals surface area contributed by atoms with Crippen molar-refractivity contribution in [2.24, 2.45) is 5.92 Å². The lowest BCUT2D eigenvalue weighted by molar-refractivity contribution is -0.128. The predicted molar refractivity (Wildman–Crippen MR) is 131 cm³/mol. The van der Waals surface area contributed by atoms with Gasteiger partial charge in [0.15, 0.2) is 5.82 Å². The van der Waals surface area contributed by atoms with Crippen molar-refractivity contribution < 1.29 is 4.79 Å². The largest absolute Gasteiger partial charge is 0.349 e. The van der Waals surface area contributed by atoms with Gasteiger partial charge in [-0.25, -0.2) is 19.6 Å². The molecule has 180 valence electrons. The Kier molecular flexibility index (Phi) is 6.34. The van der Waals surface area contributed by atoms with Crippen LogP contribution in [-0.2, 0) is 11.2 Å². The molecule has 0 aliphatic heterocycles. The molecule has 4 aromatic heterocycles. The fraction of sp³-hybridized carbons (Fsp3) is 0.360. The molecule has 9 nitrogen and oxygen atoms in total. The number of H-pyrrole nitrogens is 1. The van der Waals surface area contributed by atoms with Crippen LogP contribution in [0.4, 0.5) is 0 Å². The van der Waals surface area contributed by atoms with E-state index in [1.165, 1.54) is 0 Å². The zero-order valence-corrected chi connectivity index (χ0v) is 20.6. The Morgan fingerprint density at radius 3 is 2.71 bits per heavy atom. The van der Waals surface area contributed by atoms with Crippen LogP contribution in [0.2, 0.25) is 5.02 Å². The molecular weight excluding hydrogens is 464 g/mol. The highest BCUT2D eigenvalue weighted by atomic mass is 35.5. The highest BCUT2D eigenvalue weighted by Crippen LogP contribution is 2.41. The first-order chi connectivity index (χ1) is 16.9. The number of aromatic nitrogens is 7. The van der Waals surface area contributed by atoms with Gasteiger partial charge in [0.25, 0.3) is 0 Å². The fourth-order valence-corrected chi connectivity index (χ4v) is 4.42. The maximum Gasteiger partial charge on any atom is 0.223 e. The number of aryl methyl sites for hydroxylation is 2. The van der Waals surface area contributed by atoms with E-state index in [2.05, 4.69) is 30.6 Å². The van der Waals surface area contributed by atoms with Crippen molar-refractivity contribution in [1.29, 1.82) is 0 Å². The lowest BCUT2D eigenvalue weighted by Gasteiger charge is -2.34. The molecule has 0 spiro atoms. The van der Waals surface area contributed by atoms with Gasteiger partial charge in [0.05, 0.1) is 28.6 Å². The molecule has 5 rings (SSSR count). The van der Waals surface area contributed by atoms with E-state index < -0.39 is 0 Å². The number of aromatic amines is 1. The highest BCUT2D eigenvalue weighted by Gasteiger charge is 2.37. The van der Waals surface area contributed by atoms with Gasteiger partial charge in [-0.15, -0.1) is 0 Å². The van der Waals surface area contributed by atoms with Gasteiger partial charge >= 0.3 is 0 Å². The summed E-state index contributed by atoms with van der Waals surface area (Å²) in [4.78, 5) is 26.4. The summed E-state index contributed by atoms with van der Waals surface area (Å²) < 4.78 is 1.73. The van der Waals surface area contributed by atoms with E-state index in [0.717, 1.165) is 52.7 Å². The first-order valence-electron chi connectivity index (χ1n) is 11.7. The van der Waals surface area contributed by atoms with Crippen LogP contribution in [0.1, 0.15) is 65.8 Å². The van der Waals surface area contributed by atoms with Gasteiger partial charge in [0, 0.05) is 42.5 Å². The smallest absolute Gasteiger partial charge is 0.223 e. The number of amides is 1.